The van der Waals surface area contributed by atoms with Crippen LogP contribution in [0.3, 0.4) is 0 Å². The molecule has 104 valence electrons. The number of benzene rings is 2. The Kier molecular flexibility index (Phi) is 4.03. The van der Waals surface area contributed by atoms with Crippen LogP contribution in [0, 0.1) is 5.92 Å². The monoisotopic (exact) mass is 267 g/mol. The summed E-state index contributed by atoms with van der Waals surface area (Å²) >= 11 is 0. The molecule has 1 atom stereocenters. The topological polar surface area (TPSA) is 21.3 Å². The zero-order valence-corrected chi connectivity index (χ0v) is 11.9. The van der Waals surface area contributed by atoms with Gasteiger partial charge in [-0.2, -0.15) is 0 Å². The zero-order valence-electron chi connectivity index (χ0n) is 11.9. The number of rotatable bonds is 6. The van der Waals surface area contributed by atoms with Crippen LogP contribution in [-0.2, 0) is 6.54 Å². The van der Waals surface area contributed by atoms with Gasteiger partial charge in [-0.25, -0.2) is 0 Å². The Morgan fingerprint density at radius 3 is 2.55 bits per heavy atom. The first kappa shape index (κ1) is 13.2. The molecule has 1 unspecified atom stereocenters. The second-order valence-electron chi connectivity index (χ2n) is 5.57. The summed E-state index contributed by atoms with van der Waals surface area (Å²) in [4.78, 5) is 0. The molecule has 0 aromatic heterocycles. The van der Waals surface area contributed by atoms with Gasteiger partial charge in [0, 0.05) is 12.6 Å². The first-order valence-electron chi connectivity index (χ1n) is 7.36. The van der Waals surface area contributed by atoms with Crippen LogP contribution in [0.25, 0.3) is 0 Å². The van der Waals surface area contributed by atoms with Crippen molar-refractivity contribution < 1.29 is 4.74 Å². The van der Waals surface area contributed by atoms with Gasteiger partial charge in [0.2, 0.25) is 0 Å². The predicted octanol–water partition coefficient (Wildman–Crippen LogP) is 4.37. The third-order valence-corrected chi connectivity index (χ3v) is 3.83. The van der Waals surface area contributed by atoms with Crippen molar-refractivity contribution >= 4 is 0 Å². The van der Waals surface area contributed by atoms with E-state index in [0.29, 0.717) is 6.04 Å². The molecule has 0 saturated heterocycles. The molecule has 1 N–H and O–H groups in total. The van der Waals surface area contributed by atoms with E-state index < -0.39 is 0 Å². The Bertz CT molecular complexity index is 548. The van der Waals surface area contributed by atoms with E-state index in [4.69, 9.17) is 4.74 Å². The van der Waals surface area contributed by atoms with Crippen molar-refractivity contribution in [1.82, 2.24) is 5.32 Å². The summed E-state index contributed by atoms with van der Waals surface area (Å²) in [5, 5.41) is 3.60. The Morgan fingerprint density at radius 2 is 1.80 bits per heavy atom. The molecule has 1 aliphatic rings. The van der Waals surface area contributed by atoms with Crippen LogP contribution in [0.4, 0.5) is 0 Å². The fourth-order valence-electron chi connectivity index (χ4n) is 2.39. The second kappa shape index (κ2) is 6.10. The minimum Gasteiger partial charge on any atom is -0.457 e. The maximum atomic E-state index is 5.86. The minimum absolute atomic E-state index is 0.619. The molecule has 3 rings (SSSR count). The fraction of sp³-hybridized carbons (Fsp3) is 0.333. The van der Waals surface area contributed by atoms with Crippen molar-refractivity contribution in [3.8, 4) is 11.5 Å². The Morgan fingerprint density at radius 1 is 1.05 bits per heavy atom. The molecule has 2 nitrogen and oxygen atoms in total. The fourth-order valence-corrected chi connectivity index (χ4v) is 2.39. The second-order valence-corrected chi connectivity index (χ2v) is 5.57. The molecule has 0 amide bonds. The predicted molar refractivity (Wildman–Crippen MR) is 82.0 cm³/mol. The molecule has 1 fully saturated rings. The van der Waals surface area contributed by atoms with Gasteiger partial charge >= 0.3 is 0 Å². The number of hydrogen-bond acceptors (Lipinski definition) is 2. The average molecular weight is 267 g/mol. The van der Waals surface area contributed by atoms with E-state index in [-0.39, 0.29) is 0 Å². The molecule has 0 bridgehead atoms. The van der Waals surface area contributed by atoms with E-state index in [2.05, 4.69) is 30.4 Å². The first-order chi connectivity index (χ1) is 9.81. The largest absolute Gasteiger partial charge is 0.457 e. The molecule has 1 saturated carbocycles. The molecule has 2 aromatic rings. The van der Waals surface area contributed by atoms with Gasteiger partial charge in [0.15, 0.2) is 0 Å². The van der Waals surface area contributed by atoms with Crippen LogP contribution in [0.5, 0.6) is 11.5 Å². The van der Waals surface area contributed by atoms with E-state index >= 15 is 0 Å². The Hall–Kier alpha value is -1.80. The van der Waals surface area contributed by atoms with E-state index in [1.807, 2.05) is 36.4 Å². The maximum absolute atomic E-state index is 5.86. The summed E-state index contributed by atoms with van der Waals surface area (Å²) in [7, 11) is 0. The maximum Gasteiger partial charge on any atom is 0.127 e. The van der Waals surface area contributed by atoms with Gasteiger partial charge in [0.1, 0.15) is 11.5 Å². The number of nitrogens with one attached hydrogen (secondary N) is 1. The molecule has 0 heterocycles. The van der Waals surface area contributed by atoms with E-state index in [9.17, 15) is 0 Å². The smallest absolute Gasteiger partial charge is 0.127 e. The number of hydrogen-bond donors (Lipinski definition) is 1. The van der Waals surface area contributed by atoms with Crippen LogP contribution < -0.4 is 10.1 Å². The van der Waals surface area contributed by atoms with Crippen molar-refractivity contribution in [1.29, 1.82) is 0 Å². The lowest BCUT2D eigenvalue weighted by molar-refractivity contribution is 0.477. The molecule has 20 heavy (non-hydrogen) atoms. The van der Waals surface area contributed by atoms with Gasteiger partial charge in [0.05, 0.1) is 0 Å². The lowest BCUT2D eigenvalue weighted by Crippen LogP contribution is -2.27. The average Bonchev–Trinajstić information content (AvgIpc) is 3.31. The normalized spacial score (nSPS) is 15.8. The first-order valence-corrected chi connectivity index (χ1v) is 7.36. The number of ether oxygens (including phenoxy) is 1. The molecule has 1 aliphatic carbocycles. The lowest BCUT2D eigenvalue weighted by Gasteiger charge is -2.13. The molecular formula is C18H21NO. The quantitative estimate of drug-likeness (QED) is 0.839. The molecule has 2 aromatic carbocycles. The highest BCUT2D eigenvalue weighted by atomic mass is 16.5. The van der Waals surface area contributed by atoms with Gasteiger partial charge in [-0.1, -0.05) is 30.3 Å². The third-order valence-electron chi connectivity index (χ3n) is 3.83. The van der Waals surface area contributed by atoms with Crippen molar-refractivity contribution in [3.63, 3.8) is 0 Å². The van der Waals surface area contributed by atoms with E-state index in [1.165, 1.54) is 18.4 Å². The summed E-state index contributed by atoms with van der Waals surface area (Å²) in [5.74, 6) is 2.66. The van der Waals surface area contributed by atoms with Crippen LogP contribution in [0.2, 0.25) is 0 Å². The van der Waals surface area contributed by atoms with Gasteiger partial charge < -0.3 is 10.1 Å². The minimum atomic E-state index is 0.619. The highest BCUT2D eigenvalue weighted by molar-refractivity contribution is 5.33. The van der Waals surface area contributed by atoms with Crippen molar-refractivity contribution in [3.05, 3.63) is 60.2 Å². The Labute approximate surface area is 120 Å². The molecule has 0 radical (unpaired) electrons. The lowest BCUT2D eigenvalue weighted by atomic mass is 10.1. The summed E-state index contributed by atoms with van der Waals surface area (Å²) in [6.07, 6.45) is 2.76. The van der Waals surface area contributed by atoms with E-state index in [0.717, 1.165) is 24.0 Å². The van der Waals surface area contributed by atoms with Crippen molar-refractivity contribution in [2.75, 3.05) is 0 Å². The standard InChI is InChI=1S/C18H21NO/c1-14(16-10-11-16)19-13-15-6-5-9-18(12-15)20-17-7-3-2-4-8-17/h2-9,12,14,16,19H,10-11,13H2,1H3. The van der Waals surface area contributed by atoms with Crippen LogP contribution >= 0.6 is 0 Å². The third kappa shape index (κ3) is 3.61. The van der Waals surface area contributed by atoms with Gasteiger partial charge in [-0.3, -0.25) is 0 Å². The number of para-hydroxylation sites is 1. The van der Waals surface area contributed by atoms with Crippen LogP contribution in [0.1, 0.15) is 25.3 Å². The van der Waals surface area contributed by atoms with Gasteiger partial charge in [0.25, 0.3) is 0 Å². The van der Waals surface area contributed by atoms with Crippen molar-refractivity contribution in [2.45, 2.75) is 32.4 Å². The zero-order chi connectivity index (χ0) is 13.8. The van der Waals surface area contributed by atoms with E-state index in [1.54, 1.807) is 0 Å². The van der Waals surface area contributed by atoms with Gasteiger partial charge in [-0.15, -0.1) is 0 Å². The van der Waals surface area contributed by atoms with Crippen molar-refractivity contribution in [2.24, 2.45) is 5.92 Å². The Balaban J connectivity index is 1.60. The summed E-state index contributed by atoms with van der Waals surface area (Å²) in [6, 6.07) is 18.8. The van der Waals surface area contributed by atoms with Crippen LogP contribution in [0.15, 0.2) is 54.6 Å². The highest BCUT2D eigenvalue weighted by Crippen LogP contribution is 2.32. The molecule has 0 aliphatic heterocycles. The van der Waals surface area contributed by atoms with Gasteiger partial charge in [-0.05, 0) is 55.5 Å². The summed E-state index contributed by atoms with van der Waals surface area (Å²) in [5.41, 5.74) is 1.27. The molecular weight excluding hydrogens is 246 g/mol. The molecule has 0 spiro atoms. The summed E-state index contributed by atoms with van der Waals surface area (Å²) < 4.78 is 5.86. The summed E-state index contributed by atoms with van der Waals surface area (Å²) in [6.45, 7) is 3.19. The SMILES string of the molecule is CC(NCc1cccc(Oc2ccccc2)c1)C1CC1. The highest BCUT2D eigenvalue weighted by Gasteiger charge is 2.27. The molecule has 2 heteroatoms. The van der Waals surface area contributed by atoms with Crippen LogP contribution in [-0.4, -0.2) is 6.04 Å².